The molecule has 0 unspecified atom stereocenters. The van der Waals surface area contributed by atoms with Crippen LogP contribution in [0, 0.1) is 0 Å². The number of thiophene rings is 1. The van der Waals surface area contributed by atoms with Crippen LogP contribution in [-0.2, 0) is 0 Å². The summed E-state index contributed by atoms with van der Waals surface area (Å²) in [5.41, 5.74) is 6.51. The van der Waals surface area contributed by atoms with Gasteiger partial charge in [0.2, 0.25) is 0 Å². The molecule has 20 heavy (non-hydrogen) atoms. The van der Waals surface area contributed by atoms with Crippen LogP contribution in [0.5, 0.6) is 0 Å². The molecule has 1 N–H and O–H groups in total. The minimum Gasteiger partial charge on any atom is -0.278 e. The van der Waals surface area contributed by atoms with Crippen LogP contribution in [0.25, 0.3) is 10.1 Å². The fraction of sp³-hybridized carbons (Fsp3) is 0.118. The minimum atomic E-state index is 0.899. The Bertz CT molecular complexity index is 729. The molecule has 1 heterocycles. The Morgan fingerprint density at radius 1 is 1.05 bits per heavy atom. The summed E-state index contributed by atoms with van der Waals surface area (Å²) in [5, 5.41) is 7.92. The number of hydrogen-bond acceptors (Lipinski definition) is 3. The molecule has 2 nitrogen and oxygen atoms in total. The van der Waals surface area contributed by atoms with Gasteiger partial charge in [-0.1, -0.05) is 43.3 Å². The number of nitrogens with one attached hydrogen (secondary N) is 1. The van der Waals surface area contributed by atoms with Crippen molar-refractivity contribution < 1.29 is 0 Å². The summed E-state index contributed by atoms with van der Waals surface area (Å²) >= 11 is 1.75. The predicted molar refractivity (Wildman–Crippen MR) is 88.7 cm³/mol. The largest absolute Gasteiger partial charge is 0.278 e. The molecule has 0 radical (unpaired) electrons. The normalized spacial score (nSPS) is 11.8. The van der Waals surface area contributed by atoms with Gasteiger partial charge in [-0.2, -0.15) is 5.10 Å². The maximum absolute atomic E-state index is 4.58. The summed E-state index contributed by atoms with van der Waals surface area (Å²) in [6.45, 7) is 2.12. The molecular formula is C17H16N2S. The second-order valence-corrected chi connectivity index (χ2v) is 5.48. The summed E-state index contributed by atoms with van der Waals surface area (Å²) in [4.78, 5) is 0. The van der Waals surface area contributed by atoms with E-state index in [1.807, 2.05) is 18.2 Å². The topological polar surface area (TPSA) is 24.4 Å². The van der Waals surface area contributed by atoms with E-state index in [-0.39, 0.29) is 0 Å². The van der Waals surface area contributed by atoms with Crippen molar-refractivity contribution in [1.82, 2.24) is 0 Å². The second kappa shape index (κ2) is 5.88. The van der Waals surface area contributed by atoms with Crippen molar-refractivity contribution in [3.8, 4) is 0 Å². The van der Waals surface area contributed by atoms with Crippen LogP contribution >= 0.6 is 11.3 Å². The zero-order chi connectivity index (χ0) is 13.8. The zero-order valence-corrected chi connectivity index (χ0v) is 12.2. The van der Waals surface area contributed by atoms with Gasteiger partial charge < -0.3 is 0 Å². The molecule has 3 rings (SSSR count). The van der Waals surface area contributed by atoms with Crippen LogP contribution in [0.15, 0.2) is 65.1 Å². The Morgan fingerprint density at radius 3 is 2.70 bits per heavy atom. The van der Waals surface area contributed by atoms with E-state index in [1.165, 1.54) is 15.6 Å². The lowest BCUT2D eigenvalue weighted by Gasteiger charge is -2.07. The molecule has 1 aromatic heterocycles. The molecule has 0 bridgehead atoms. The Morgan fingerprint density at radius 2 is 1.90 bits per heavy atom. The molecule has 3 aromatic rings. The Balaban J connectivity index is 1.90. The third-order valence-electron chi connectivity index (χ3n) is 3.25. The Kier molecular flexibility index (Phi) is 3.79. The average Bonchev–Trinajstić information content (AvgIpc) is 2.98. The SMILES string of the molecule is CC/C(=N\Nc1cccc2sccc12)c1ccccc1. The molecule has 0 atom stereocenters. The molecule has 0 aliphatic heterocycles. The molecule has 0 amide bonds. The van der Waals surface area contributed by atoms with Gasteiger partial charge in [0.25, 0.3) is 0 Å². The first-order valence-corrected chi connectivity index (χ1v) is 7.60. The van der Waals surface area contributed by atoms with E-state index in [0.29, 0.717) is 0 Å². The van der Waals surface area contributed by atoms with Gasteiger partial charge in [-0.3, -0.25) is 5.43 Å². The fourth-order valence-electron chi connectivity index (χ4n) is 2.20. The summed E-state index contributed by atoms with van der Waals surface area (Å²) in [6, 6.07) is 18.7. The van der Waals surface area contributed by atoms with E-state index in [2.05, 4.69) is 59.2 Å². The van der Waals surface area contributed by atoms with Gasteiger partial charge in [0.05, 0.1) is 11.4 Å². The lowest BCUT2D eigenvalue weighted by atomic mass is 10.1. The monoisotopic (exact) mass is 280 g/mol. The van der Waals surface area contributed by atoms with Crippen molar-refractivity contribution in [1.29, 1.82) is 0 Å². The van der Waals surface area contributed by atoms with E-state index < -0.39 is 0 Å². The van der Waals surface area contributed by atoms with E-state index in [9.17, 15) is 0 Å². The molecule has 0 spiro atoms. The molecule has 0 aliphatic carbocycles. The van der Waals surface area contributed by atoms with Crippen LogP contribution in [-0.4, -0.2) is 5.71 Å². The smallest absolute Gasteiger partial charge is 0.0676 e. The number of benzene rings is 2. The van der Waals surface area contributed by atoms with Crippen molar-refractivity contribution in [3.63, 3.8) is 0 Å². The maximum atomic E-state index is 4.58. The molecule has 0 saturated heterocycles. The highest BCUT2D eigenvalue weighted by molar-refractivity contribution is 7.17. The molecule has 0 saturated carbocycles. The number of anilines is 1. The second-order valence-electron chi connectivity index (χ2n) is 4.53. The highest BCUT2D eigenvalue weighted by Gasteiger charge is 2.03. The first kappa shape index (κ1) is 12.9. The number of hydrazone groups is 1. The molecule has 2 aromatic carbocycles. The van der Waals surface area contributed by atoms with Crippen LogP contribution < -0.4 is 5.43 Å². The van der Waals surface area contributed by atoms with Crippen molar-refractivity contribution in [2.75, 3.05) is 5.43 Å². The lowest BCUT2D eigenvalue weighted by molar-refractivity contribution is 1.22. The molecular weight excluding hydrogens is 264 g/mol. The van der Waals surface area contributed by atoms with Crippen LogP contribution in [0.2, 0.25) is 0 Å². The average molecular weight is 280 g/mol. The van der Waals surface area contributed by atoms with Crippen LogP contribution in [0.4, 0.5) is 5.69 Å². The highest BCUT2D eigenvalue weighted by atomic mass is 32.1. The predicted octanol–water partition coefficient (Wildman–Crippen LogP) is 5.13. The standard InChI is InChI=1S/C17H16N2S/c1-2-15(13-7-4-3-5-8-13)18-19-16-9-6-10-17-14(16)11-12-20-17/h3-12,19H,2H2,1H3/b18-15+. The van der Waals surface area contributed by atoms with Gasteiger partial charge in [-0.25, -0.2) is 0 Å². The first-order chi connectivity index (χ1) is 9.88. The summed E-state index contributed by atoms with van der Waals surface area (Å²) in [5.74, 6) is 0. The van der Waals surface area contributed by atoms with Gasteiger partial charge in [0.1, 0.15) is 0 Å². The van der Waals surface area contributed by atoms with Crippen LogP contribution in [0.1, 0.15) is 18.9 Å². The van der Waals surface area contributed by atoms with Gasteiger partial charge in [0, 0.05) is 10.1 Å². The highest BCUT2D eigenvalue weighted by Crippen LogP contribution is 2.27. The summed E-state index contributed by atoms with van der Waals surface area (Å²) in [6.07, 6.45) is 0.899. The van der Waals surface area contributed by atoms with Gasteiger partial charge in [0.15, 0.2) is 0 Å². The molecule has 100 valence electrons. The Labute approximate surface area is 122 Å². The lowest BCUT2D eigenvalue weighted by Crippen LogP contribution is -2.02. The third-order valence-corrected chi connectivity index (χ3v) is 4.13. The quantitative estimate of drug-likeness (QED) is 0.520. The zero-order valence-electron chi connectivity index (χ0n) is 11.3. The van der Waals surface area contributed by atoms with E-state index in [4.69, 9.17) is 0 Å². The summed E-state index contributed by atoms with van der Waals surface area (Å²) < 4.78 is 1.28. The number of rotatable bonds is 4. The van der Waals surface area contributed by atoms with Crippen molar-refractivity contribution in [3.05, 3.63) is 65.5 Å². The molecule has 3 heteroatoms. The first-order valence-electron chi connectivity index (χ1n) is 6.72. The van der Waals surface area contributed by atoms with Gasteiger partial charge in [-0.15, -0.1) is 11.3 Å². The van der Waals surface area contributed by atoms with E-state index in [0.717, 1.165) is 17.8 Å². The molecule has 0 aliphatic rings. The number of hydrogen-bond donors (Lipinski definition) is 1. The van der Waals surface area contributed by atoms with Crippen LogP contribution in [0.3, 0.4) is 0 Å². The summed E-state index contributed by atoms with van der Waals surface area (Å²) in [7, 11) is 0. The third kappa shape index (κ3) is 2.58. The molecule has 0 fully saturated rings. The number of fused-ring (bicyclic) bond motifs is 1. The van der Waals surface area contributed by atoms with E-state index in [1.54, 1.807) is 11.3 Å². The van der Waals surface area contributed by atoms with Gasteiger partial charge in [-0.05, 0) is 35.6 Å². The minimum absolute atomic E-state index is 0.899. The maximum Gasteiger partial charge on any atom is 0.0676 e. The van der Waals surface area contributed by atoms with Crippen molar-refractivity contribution >= 4 is 32.8 Å². The van der Waals surface area contributed by atoms with E-state index >= 15 is 0 Å². The van der Waals surface area contributed by atoms with Gasteiger partial charge >= 0.3 is 0 Å². The van der Waals surface area contributed by atoms with Crippen molar-refractivity contribution in [2.45, 2.75) is 13.3 Å². The van der Waals surface area contributed by atoms with Crippen molar-refractivity contribution in [2.24, 2.45) is 5.10 Å². The number of nitrogens with zero attached hydrogens (tertiary/aromatic N) is 1. The fourth-order valence-corrected chi connectivity index (χ4v) is 3.01. The Hall–Kier alpha value is -2.13.